The summed E-state index contributed by atoms with van der Waals surface area (Å²) in [6.07, 6.45) is -1.16. The molecule has 1 atom stereocenters. The minimum atomic E-state index is -5.05. The van der Waals surface area contributed by atoms with Gasteiger partial charge in [0.05, 0.1) is 16.8 Å². The Morgan fingerprint density at radius 1 is 0.644 bits per heavy atom. The highest BCUT2D eigenvalue weighted by Crippen LogP contribution is 2.39. The molecule has 0 radical (unpaired) electrons. The zero-order valence-electron chi connectivity index (χ0n) is 23.3. The fourth-order valence-electron chi connectivity index (χ4n) is 5.33. The Kier molecular flexibility index (Phi) is 6.91. The summed E-state index contributed by atoms with van der Waals surface area (Å²) in [4.78, 5) is 39.5. The lowest BCUT2D eigenvalue weighted by molar-refractivity contribution is 0.0301. The summed E-state index contributed by atoms with van der Waals surface area (Å²) in [5, 5.41) is 10.3. The van der Waals surface area contributed by atoms with Gasteiger partial charge in [0.2, 0.25) is 0 Å². The summed E-state index contributed by atoms with van der Waals surface area (Å²) in [6, 6.07) is 15.6. The first kappa shape index (κ1) is 30.1. The molecule has 1 unspecified atom stereocenters. The van der Waals surface area contributed by atoms with E-state index in [1.165, 1.54) is 61.6 Å². The largest absolute Gasteiger partial charge is 0.457 e. The van der Waals surface area contributed by atoms with Gasteiger partial charge in [-0.3, -0.25) is 23.5 Å². The van der Waals surface area contributed by atoms with Gasteiger partial charge in [-0.25, -0.2) is 4.90 Å². The number of aliphatic hydroxyl groups excluding tert-OH is 1. The molecule has 13 nitrogen and oxygen atoms in total. The Bertz CT molecular complexity index is 2210. The van der Waals surface area contributed by atoms with E-state index in [1.807, 2.05) is 0 Å². The van der Waals surface area contributed by atoms with Gasteiger partial charge in [0.1, 0.15) is 21.3 Å². The van der Waals surface area contributed by atoms with Crippen LogP contribution < -0.4 is 9.64 Å². The van der Waals surface area contributed by atoms with Gasteiger partial charge >= 0.3 is 0 Å². The quantitative estimate of drug-likeness (QED) is 0.203. The van der Waals surface area contributed by atoms with Crippen LogP contribution in [-0.4, -0.2) is 60.7 Å². The van der Waals surface area contributed by atoms with Crippen molar-refractivity contribution in [2.24, 2.45) is 0 Å². The van der Waals surface area contributed by atoms with Crippen molar-refractivity contribution in [1.82, 2.24) is 4.90 Å². The fraction of sp³-hybridized carbons (Fsp3) is 0.100. The molecule has 0 saturated heterocycles. The van der Waals surface area contributed by atoms with Crippen molar-refractivity contribution in [3.05, 3.63) is 101 Å². The van der Waals surface area contributed by atoms with Crippen molar-refractivity contribution in [3.63, 3.8) is 0 Å². The first-order valence-corrected chi connectivity index (χ1v) is 15.9. The molecule has 0 bridgehead atoms. The van der Waals surface area contributed by atoms with Crippen LogP contribution in [0.2, 0.25) is 0 Å². The third-order valence-electron chi connectivity index (χ3n) is 7.52. The average Bonchev–Trinajstić information content (AvgIpc) is 3.35. The first-order valence-electron chi connectivity index (χ1n) is 13.1. The molecule has 0 spiro atoms. The van der Waals surface area contributed by atoms with Crippen LogP contribution in [0.3, 0.4) is 0 Å². The van der Waals surface area contributed by atoms with E-state index in [9.17, 15) is 45.4 Å². The maximum absolute atomic E-state index is 13.5. The van der Waals surface area contributed by atoms with Crippen molar-refractivity contribution in [2.45, 2.75) is 22.9 Å². The lowest BCUT2D eigenvalue weighted by Crippen LogP contribution is -2.29. The van der Waals surface area contributed by atoms with Gasteiger partial charge in [0.15, 0.2) is 6.23 Å². The van der Waals surface area contributed by atoms with E-state index >= 15 is 0 Å². The van der Waals surface area contributed by atoms with E-state index in [1.54, 1.807) is 6.92 Å². The molecule has 15 heteroatoms. The molecule has 45 heavy (non-hydrogen) atoms. The second-order valence-corrected chi connectivity index (χ2v) is 13.2. The van der Waals surface area contributed by atoms with E-state index in [0.29, 0.717) is 21.6 Å². The van der Waals surface area contributed by atoms with Crippen LogP contribution in [0.1, 0.15) is 48.4 Å². The number of aryl methyl sites for hydroxylation is 1. The molecule has 0 fully saturated rings. The van der Waals surface area contributed by atoms with E-state index in [4.69, 9.17) is 4.74 Å². The number of benzene rings is 4. The highest BCUT2D eigenvalue weighted by Gasteiger charge is 2.38. The van der Waals surface area contributed by atoms with Crippen molar-refractivity contribution in [1.29, 1.82) is 0 Å². The zero-order valence-corrected chi connectivity index (χ0v) is 25.0. The lowest BCUT2D eigenvalue weighted by atomic mass is 10.0. The summed E-state index contributed by atoms with van der Waals surface area (Å²) in [7, 11) is -8.42. The molecule has 2 heterocycles. The number of fused-ring (bicyclic) bond motifs is 2. The SMILES string of the molecule is Cc1ccc(-c2ccc(N3C(=O)c4ccc(Oc5ccc6c(c5)C(O)N(C)C6=O)cc4C3=O)cc2S(=O)(=O)O)c(S(=O)(=O)O)c1. The molecule has 0 saturated carbocycles. The van der Waals surface area contributed by atoms with Crippen LogP contribution >= 0.6 is 0 Å². The Morgan fingerprint density at radius 2 is 1.18 bits per heavy atom. The summed E-state index contributed by atoms with van der Waals surface area (Å²) < 4.78 is 74.7. The third kappa shape index (κ3) is 5.05. The van der Waals surface area contributed by atoms with Gasteiger partial charge in [0.25, 0.3) is 38.0 Å². The van der Waals surface area contributed by atoms with Crippen LogP contribution in [0.4, 0.5) is 5.69 Å². The predicted molar refractivity (Wildman–Crippen MR) is 157 cm³/mol. The van der Waals surface area contributed by atoms with Crippen LogP contribution in [0.25, 0.3) is 11.1 Å². The molecule has 4 aromatic carbocycles. The van der Waals surface area contributed by atoms with Crippen LogP contribution in [-0.2, 0) is 20.2 Å². The van der Waals surface area contributed by atoms with Gasteiger partial charge in [-0.05, 0) is 67.1 Å². The summed E-state index contributed by atoms with van der Waals surface area (Å²) in [6.45, 7) is 1.56. The van der Waals surface area contributed by atoms with Crippen LogP contribution in [0, 0.1) is 6.92 Å². The minimum absolute atomic E-state index is 0.0198. The Morgan fingerprint density at radius 3 is 1.82 bits per heavy atom. The monoisotopic (exact) mass is 650 g/mol. The van der Waals surface area contributed by atoms with Crippen molar-refractivity contribution in [3.8, 4) is 22.6 Å². The molecule has 2 aliphatic rings. The molecule has 0 aliphatic carbocycles. The van der Waals surface area contributed by atoms with E-state index in [-0.39, 0.29) is 45.3 Å². The number of carbonyl (C=O) groups excluding carboxylic acids is 3. The smallest absolute Gasteiger partial charge is 0.295 e. The van der Waals surface area contributed by atoms with Crippen molar-refractivity contribution in [2.75, 3.05) is 11.9 Å². The second-order valence-electron chi connectivity index (χ2n) is 10.4. The fourth-order valence-corrected chi connectivity index (χ4v) is 6.84. The Labute approximate surface area is 256 Å². The molecule has 230 valence electrons. The number of rotatable bonds is 6. The number of amides is 3. The predicted octanol–water partition coefficient (Wildman–Crippen LogP) is 3.82. The second kappa shape index (κ2) is 10.3. The Balaban J connectivity index is 1.36. The van der Waals surface area contributed by atoms with E-state index in [0.717, 1.165) is 23.1 Å². The number of carbonyl (C=O) groups is 3. The zero-order chi connectivity index (χ0) is 32.6. The van der Waals surface area contributed by atoms with E-state index in [2.05, 4.69) is 0 Å². The van der Waals surface area contributed by atoms with Gasteiger partial charge in [-0.15, -0.1) is 0 Å². The molecule has 3 N–H and O–H groups in total. The first-order chi connectivity index (χ1) is 21.1. The third-order valence-corrected chi connectivity index (χ3v) is 9.31. The number of anilines is 1. The lowest BCUT2D eigenvalue weighted by Gasteiger charge is -2.17. The molecular weight excluding hydrogens is 628 g/mol. The highest BCUT2D eigenvalue weighted by molar-refractivity contribution is 7.86. The number of nitrogens with zero attached hydrogens (tertiary/aromatic N) is 2. The molecule has 6 rings (SSSR count). The van der Waals surface area contributed by atoms with Gasteiger partial charge in [-0.2, -0.15) is 16.8 Å². The molecule has 0 aromatic heterocycles. The van der Waals surface area contributed by atoms with Gasteiger partial charge in [-0.1, -0.05) is 18.2 Å². The standard InChI is InChI=1S/C30H22N2O11S2/c1-15-3-7-19(25(11-15)44(37,38)39)20-8-4-16(12-26(20)45(40,41)42)32-29(35)22-10-6-18(14-24(22)30(32)36)43-17-5-9-21-23(13-17)28(34)31(2)27(21)33/h3-14,28,34H,1-2H3,(H,37,38,39)(H,40,41,42). The number of ether oxygens (including phenoxy) is 1. The minimum Gasteiger partial charge on any atom is -0.457 e. The maximum Gasteiger partial charge on any atom is 0.295 e. The highest BCUT2D eigenvalue weighted by atomic mass is 32.2. The molecule has 3 amide bonds. The van der Waals surface area contributed by atoms with Gasteiger partial charge < -0.3 is 14.7 Å². The maximum atomic E-state index is 13.5. The summed E-state index contributed by atoms with van der Waals surface area (Å²) in [5.41, 5.74) is 0.242. The van der Waals surface area contributed by atoms with Crippen LogP contribution in [0.15, 0.2) is 82.6 Å². The number of aliphatic hydroxyl groups is 1. The summed E-state index contributed by atoms with van der Waals surface area (Å²) in [5.74, 6) is -1.59. The molecule has 2 aliphatic heterocycles. The average molecular weight is 651 g/mol. The van der Waals surface area contributed by atoms with Crippen LogP contribution in [0.5, 0.6) is 11.5 Å². The number of hydrogen-bond donors (Lipinski definition) is 3. The van der Waals surface area contributed by atoms with Crippen molar-refractivity contribution >= 4 is 43.6 Å². The molecule has 4 aromatic rings. The van der Waals surface area contributed by atoms with Gasteiger partial charge in [0, 0.05) is 29.3 Å². The number of imide groups is 1. The van der Waals surface area contributed by atoms with Crippen molar-refractivity contribution < 1.29 is 50.2 Å². The molecular formula is C30H22N2O11S2. The normalized spacial score (nSPS) is 16.3. The van der Waals surface area contributed by atoms with E-state index < -0.39 is 48.1 Å². The topological polar surface area (TPSA) is 196 Å². The summed E-state index contributed by atoms with van der Waals surface area (Å²) >= 11 is 0. The number of hydrogen-bond acceptors (Lipinski definition) is 9. The Hall–Kier alpha value is -4.93.